The van der Waals surface area contributed by atoms with E-state index < -0.39 is 23.1 Å². The summed E-state index contributed by atoms with van der Waals surface area (Å²) >= 11 is 0. The van der Waals surface area contributed by atoms with E-state index in [4.69, 9.17) is 15.2 Å². The van der Waals surface area contributed by atoms with Crippen LogP contribution in [0.15, 0.2) is 11.3 Å². The van der Waals surface area contributed by atoms with Gasteiger partial charge in [-0.05, 0) is 32.7 Å². The van der Waals surface area contributed by atoms with Crippen LogP contribution in [-0.2, 0) is 14.3 Å². The van der Waals surface area contributed by atoms with Gasteiger partial charge in [0.1, 0.15) is 10.9 Å². The fraction of sp³-hybridized carbons (Fsp3) is 0.636. The first-order valence-electron chi connectivity index (χ1n) is 5.98. The Balaban J connectivity index is 2.61. The maximum Gasteiger partial charge on any atom is 0.409 e. The smallest absolute Gasteiger partial charge is 0.409 e. The molecule has 0 bridgehead atoms. The summed E-state index contributed by atoms with van der Waals surface area (Å²) in [5.74, 6) is -3.74. The van der Waals surface area contributed by atoms with Crippen molar-refractivity contribution in [2.24, 2.45) is 11.7 Å². The van der Waals surface area contributed by atoms with Crippen LogP contribution in [0.5, 0.6) is 0 Å². The molecule has 3 atom stereocenters. The van der Waals surface area contributed by atoms with E-state index in [-0.39, 0.29) is 22.3 Å². The SMILES string of the molecule is CC1=C(OC(N)=O)C(P)(C2CC2)C(O)(N(C)[O-])OC1=O. The molecule has 9 heteroatoms. The molecule has 20 heavy (non-hydrogen) atoms. The number of nitrogens with two attached hydrogens (primary N) is 1. The van der Waals surface area contributed by atoms with Crippen LogP contribution in [0, 0.1) is 11.1 Å². The Morgan fingerprint density at radius 1 is 1.65 bits per heavy atom. The second kappa shape index (κ2) is 4.66. The molecule has 3 N–H and O–H groups in total. The number of rotatable bonds is 3. The summed E-state index contributed by atoms with van der Waals surface area (Å²) in [5, 5.41) is 21.0. The van der Waals surface area contributed by atoms with Crippen molar-refractivity contribution in [2.75, 3.05) is 7.05 Å². The lowest BCUT2D eigenvalue weighted by Crippen LogP contribution is -2.66. The van der Waals surface area contributed by atoms with Crippen LogP contribution in [0.2, 0.25) is 0 Å². The van der Waals surface area contributed by atoms with Gasteiger partial charge in [0, 0.05) is 0 Å². The fourth-order valence-electron chi connectivity index (χ4n) is 2.42. The van der Waals surface area contributed by atoms with Crippen LogP contribution in [0.4, 0.5) is 4.79 Å². The van der Waals surface area contributed by atoms with Crippen molar-refractivity contribution in [3.8, 4) is 0 Å². The van der Waals surface area contributed by atoms with E-state index in [1.165, 1.54) is 6.92 Å². The largest absolute Gasteiger partial charge is 0.781 e. The molecule has 8 nitrogen and oxygen atoms in total. The molecule has 1 fully saturated rings. The lowest BCUT2D eigenvalue weighted by molar-refractivity contribution is -0.282. The Labute approximate surface area is 117 Å². The van der Waals surface area contributed by atoms with Crippen LogP contribution >= 0.6 is 9.24 Å². The van der Waals surface area contributed by atoms with E-state index >= 15 is 0 Å². The topological polar surface area (TPSA) is 125 Å². The van der Waals surface area contributed by atoms with E-state index in [1.807, 2.05) is 0 Å². The average Bonchev–Trinajstić information content (AvgIpc) is 3.16. The molecular weight excluding hydrogens is 287 g/mol. The number of hydrogen-bond acceptors (Lipinski definition) is 7. The highest BCUT2D eigenvalue weighted by Crippen LogP contribution is 2.58. The highest BCUT2D eigenvalue weighted by Gasteiger charge is 2.65. The van der Waals surface area contributed by atoms with Crippen LogP contribution in [0.25, 0.3) is 0 Å². The first-order valence-corrected chi connectivity index (χ1v) is 6.56. The van der Waals surface area contributed by atoms with Crippen LogP contribution in [0.1, 0.15) is 19.8 Å². The van der Waals surface area contributed by atoms with Crippen molar-refractivity contribution in [1.29, 1.82) is 0 Å². The molecule has 3 unspecified atom stereocenters. The molecule has 0 saturated heterocycles. The third-order valence-electron chi connectivity index (χ3n) is 3.65. The Hall–Kier alpha value is -1.21. The summed E-state index contributed by atoms with van der Waals surface area (Å²) < 4.78 is 9.80. The molecule has 0 aromatic carbocycles. The third-order valence-corrected chi connectivity index (χ3v) is 4.76. The maximum atomic E-state index is 11.8. The number of amides is 1. The summed E-state index contributed by atoms with van der Waals surface area (Å²) in [6.07, 6.45) is 0.254. The molecule has 1 heterocycles. The number of esters is 1. The van der Waals surface area contributed by atoms with Gasteiger partial charge in [-0.2, -0.15) is 0 Å². The molecule has 1 saturated carbocycles. The number of primary amides is 1. The average molecular weight is 303 g/mol. The third kappa shape index (κ3) is 2.00. The molecule has 0 aromatic heterocycles. The molecular formula is C11H16N2O6P-. The predicted octanol–water partition coefficient (Wildman–Crippen LogP) is 0.0121. The Morgan fingerprint density at radius 2 is 2.20 bits per heavy atom. The van der Waals surface area contributed by atoms with Crippen molar-refractivity contribution in [1.82, 2.24) is 5.06 Å². The van der Waals surface area contributed by atoms with E-state index in [0.717, 1.165) is 7.05 Å². The first kappa shape index (κ1) is 15.2. The van der Waals surface area contributed by atoms with E-state index in [0.29, 0.717) is 12.8 Å². The lowest BCUT2D eigenvalue weighted by Gasteiger charge is -2.53. The molecule has 112 valence electrons. The zero-order valence-corrected chi connectivity index (χ0v) is 12.2. The second-order valence-electron chi connectivity index (χ2n) is 5.01. The van der Waals surface area contributed by atoms with Gasteiger partial charge >= 0.3 is 12.1 Å². The van der Waals surface area contributed by atoms with Crippen molar-refractivity contribution in [3.05, 3.63) is 16.5 Å². The van der Waals surface area contributed by atoms with Gasteiger partial charge in [0.25, 0.3) is 5.91 Å². The number of aliphatic hydroxyl groups is 1. The van der Waals surface area contributed by atoms with E-state index in [2.05, 4.69) is 9.24 Å². The Bertz CT molecular complexity index is 503. The monoisotopic (exact) mass is 303 g/mol. The number of nitrogens with zero attached hydrogens (tertiary/aromatic N) is 1. The summed E-state index contributed by atoms with van der Waals surface area (Å²) in [4.78, 5) is 22.9. The highest BCUT2D eigenvalue weighted by atomic mass is 31.0. The summed E-state index contributed by atoms with van der Waals surface area (Å²) in [5.41, 5.74) is 5.00. The number of hydroxylamine groups is 2. The zero-order valence-electron chi connectivity index (χ0n) is 11.1. The maximum absolute atomic E-state index is 11.8. The molecule has 0 aromatic rings. The molecule has 1 aliphatic carbocycles. The van der Waals surface area contributed by atoms with Crippen LogP contribution in [-0.4, -0.2) is 40.3 Å². The fourth-order valence-corrected chi connectivity index (χ4v) is 3.27. The van der Waals surface area contributed by atoms with Crippen LogP contribution in [0.3, 0.4) is 0 Å². The van der Waals surface area contributed by atoms with Gasteiger partial charge < -0.3 is 30.6 Å². The van der Waals surface area contributed by atoms with Gasteiger partial charge in [0.15, 0.2) is 0 Å². The number of carbonyl (C=O) groups excluding carboxylic acids is 2. The number of cyclic esters (lactones) is 1. The molecule has 0 spiro atoms. The minimum absolute atomic E-state index is 0.00257. The predicted molar refractivity (Wildman–Crippen MR) is 70.7 cm³/mol. The highest BCUT2D eigenvalue weighted by molar-refractivity contribution is 7.19. The van der Waals surface area contributed by atoms with Crippen molar-refractivity contribution < 1.29 is 24.2 Å². The zero-order chi connectivity index (χ0) is 15.3. The molecule has 1 aliphatic heterocycles. The van der Waals surface area contributed by atoms with Crippen LogP contribution < -0.4 is 5.73 Å². The van der Waals surface area contributed by atoms with Gasteiger partial charge in [0.2, 0.25) is 0 Å². The van der Waals surface area contributed by atoms with E-state index in [9.17, 15) is 19.9 Å². The molecule has 0 radical (unpaired) electrons. The van der Waals surface area contributed by atoms with Gasteiger partial charge in [-0.1, -0.05) is 0 Å². The van der Waals surface area contributed by atoms with Gasteiger partial charge in [-0.25, -0.2) is 9.59 Å². The number of hydrogen-bond donors (Lipinski definition) is 2. The van der Waals surface area contributed by atoms with Gasteiger partial charge in [0.05, 0.1) is 5.57 Å². The number of ether oxygens (including phenoxy) is 2. The van der Waals surface area contributed by atoms with Gasteiger partial charge in [-0.3, -0.25) is 0 Å². The minimum Gasteiger partial charge on any atom is -0.781 e. The summed E-state index contributed by atoms with van der Waals surface area (Å²) in [6.45, 7) is 1.38. The minimum atomic E-state index is -2.47. The van der Waals surface area contributed by atoms with Crippen molar-refractivity contribution >= 4 is 21.3 Å². The molecule has 2 rings (SSSR count). The Morgan fingerprint density at radius 3 is 2.60 bits per heavy atom. The molecule has 1 amide bonds. The lowest BCUT2D eigenvalue weighted by atomic mass is 9.89. The second-order valence-corrected chi connectivity index (χ2v) is 5.92. The van der Waals surface area contributed by atoms with Gasteiger partial charge in [-0.15, -0.1) is 9.24 Å². The summed E-state index contributed by atoms with van der Waals surface area (Å²) in [6, 6.07) is 0. The quantitative estimate of drug-likeness (QED) is 0.325. The Kier molecular flexibility index (Phi) is 3.54. The number of carbonyl (C=O) groups is 2. The normalized spacial score (nSPS) is 34.2. The first-order chi connectivity index (χ1) is 9.14. The van der Waals surface area contributed by atoms with Crippen molar-refractivity contribution in [2.45, 2.75) is 30.8 Å². The summed E-state index contributed by atoms with van der Waals surface area (Å²) in [7, 11) is 3.31. The standard InChI is InChI=1S/C11H16N2O6P/c1-5-7(18-9(12)15)10(20,6-3-4-6)11(16,13(2)17)19-8(5)14/h6,16H,3-4,20H2,1-2H3,(H2,12,15)/q-1. The van der Waals surface area contributed by atoms with E-state index in [1.54, 1.807) is 0 Å². The molecule has 2 aliphatic rings. The van der Waals surface area contributed by atoms with Crippen molar-refractivity contribution in [3.63, 3.8) is 0 Å².